The van der Waals surface area contributed by atoms with Gasteiger partial charge in [0, 0.05) is 36.4 Å². The van der Waals surface area contributed by atoms with E-state index in [1.165, 1.54) is 16.9 Å². The van der Waals surface area contributed by atoms with Crippen LogP contribution in [0.3, 0.4) is 0 Å². The van der Waals surface area contributed by atoms with E-state index in [1.807, 2.05) is 18.5 Å². The molecule has 0 amide bonds. The van der Waals surface area contributed by atoms with E-state index in [2.05, 4.69) is 44.0 Å². The van der Waals surface area contributed by atoms with Crippen LogP contribution in [-0.2, 0) is 12.8 Å². The van der Waals surface area contributed by atoms with Crippen molar-refractivity contribution in [3.05, 3.63) is 75.4 Å². The number of thioether (sulfide) groups is 1. The Hall–Kier alpha value is -2.45. The van der Waals surface area contributed by atoms with E-state index in [0.717, 1.165) is 28.1 Å². The molecule has 0 unspecified atom stereocenters. The molecule has 1 fully saturated rings. The van der Waals surface area contributed by atoms with Gasteiger partial charge in [-0.1, -0.05) is 42.1 Å². The van der Waals surface area contributed by atoms with Crippen LogP contribution in [0, 0.1) is 0 Å². The van der Waals surface area contributed by atoms with Crippen molar-refractivity contribution in [2.75, 3.05) is 0 Å². The molecule has 2 atom stereocenters. The molecule has 0 saturated heterocycles. The summed E-state index contributed by atoms with van der Waals surface area (Å²) in [5.41, 5.74) is 2.10. The summed E-state index contributed by atoms with van der Waals surface area (Å²) in [6.07, 6.45) is 2.87. The highest BCUT2D eigenvalue weighted by Crippen LogP contribution is 2.54. The minimum Gasteiger partial charge on any atom is -0.309 e. The molecule has 1 aromatic carbocycles. The number of thiazole rings is 1. The van der Waals surface area contributed by atoms with Crippen molar-refractivity contribution in [2.45, 2.75) is 29.2 Å². The lowest BCUT2D eigenvalue weighted by molar-refractivity contribution is 0.730. The van der Waals surface area contributed by atoms with Gasteiger partial charge in [0.1, 0.15) is 5.82 Å². The quantitative estimate of drug-likeness (QED) is 0.484. The maximum absolute atomic E-state index is 12.1. The van der Waals surface area contributed by atoms with Crippen LogP contribution in [-0.4, -0.2) is 24.1 Å². The number of rotatable bonds is 5. The molecule has 0 spiro atoms. The first-order chi connectivity index (χ1) is 13.2. The lowest BCUT2D eigenvalue weighted by atomic mass is 10.1. The lowest BCUT2D eigenvalue weighted by Gasteiger charge is -2.04. The van der Waals surface area contributed by atoms with Crippen molar-refractivity contribution in [3.63, 3.8) is 0 Å². The molecule has 3 heterocycles. The van der Waals surface area contributed by atoms with Crippen LogP contribution in [0.15, 0.2) is 57.9 Å². The molecule has 5 rings (SSSR count). The van der Waals surface area contributed by atoms with E-state index in [1.54, 1.807) is 28.4 Å². The Morgan fingerprint density at radius 3 is 2.93 bits per heavy atom. The SMILES string of the molecule is Cn1c(SCc2cc(=O)n3ccsc3n2)nnc1[C@H]1C[C@H]1c1ccccc1. The van der Waals surface area contributed by atoms with E-state index >= 15 is 0 Å². The molecule has 3 aromatic heterocycles. The molecule has 1 aliphatic carbocycles. The molecular weight excluding hydrogens is 378 g/mol. The summed E-state index contributed by atoms with van der Waals surface area (Å²) in [6, 6.07) is 12.2. The van der Waals surface area contributed by atoms with Gasteiger partial charge in [-0.2, -0.15) is 0 Å². The summed E-state index contributed by atoms with van der Waals surface area (Å²) in [5, 5.41) is 11.5. The summed E-state index contributed by atoms with van der Waals surface area (Å²) in [7, 11) is 2.02. The van der Waals surface area contributed by atoms with Crippen LogP contribution < -0.4 is 5.56 Å². The number of hydrogen-bond acceptors (Lipinski definition) is 6. The van der Waals surface area contributed by atoms with Gasteiger partial charge < -0.3 is 4.57 Å². The Morgan fingerprint density at radius 2 is 2.07 bits per heavy atom. The van der Waals surface area contributed by atoms with Crippen molar-refractivity contribution in [2.24, 2.45) is 7.05 Å². The Balaban J connectivity index is 1.31. The van der Waals surface area contributed by atoms with Crippen LogP contribution >= 0.6 is 23.1 Å². The summed E-state index contributed by atoms with van der Waals surface area (Å²) in [6.45, 7) is 0. The second kappa shape index (κ2) is 6.61. The van der Waals surface area contributed by atoms with E-state index in [-0.39, 0.29) is 5.56 Å². The highest BCUT2D eigenvalue weighted by atomic mass is 32.2. The van der Waals surface area contributed by atoms with Crippen LogP contribution in [0.2, 0.25) is 0 Å². The van der Waals surface area contributed by atoms with Crippen molar-refractivity contribution in [3.8, 4) is 0 Å². The summed E-state index contributed by atoms with van der Waals surface area (Å²) in [4.78, 5) is 17.4. The predicted molar refractivity (Wildman–Crippen MR) is 106 cm³/mol. The molecule has 4 aromatic rings. The van der Waals surface area contributed by atoms with Gasteiger partial charge in [-0.25, -0.2) is 4.98 Å². The number of aromatic nitrogens is 5. The second-order valence-electron chi connectivity index (χ2n) is 6.69. The third-order valence-corrected chi connectivity index (χ3v) is 6.73. The Morgan fingerprint density at radius 1 is 1.22 bits per heavy atom. The van der Waals surface area contributed by atoms with Gasteiger partial charge in [0.15, 0.2) is 10.1 Å². The topological polar surface area (TPSA) is 65.1 Å². The smallest absolute Gasteiger partial charge is 0.258 e. The maximum Gasteiger partial charge on any atom is 0.258 e. The lowest BCUT2D eigenvalue weighted by Crippen LogP contribution is -2.12. The number of nitrogens with zero attached hydrogens (tertiary/aromatic N) is 5. The van der Waals surface area contributed by atoms with Crippen molar-refractivity contribution >= 4 is 28.1 Å². The summed E-state index contributed by atoms with van der Waals surface area (Å²) in [5.74, 6) is 2.61. The molecule has 136 valence electrons. The highest BCUT2D eigenvalue weighted by molar-refractivity contribution is 7.98. The highest BCUT2D eigenvalue weighted by Gasteiger charge is 2.42. The first-order valence-electron chi connectivity index (χ1n) is 8.73. The molecule has 0 N–H and O–H groups in total. The van der Waals surface area contributed by atoms with E-state index in [9.17, 15) is 4.79 Å². The fourth-order valence-electron chi connectivity index (χ4n) is 3.42. The number of fused-ring (bicyclic) bond motifs is 1. The van der Waals surface area contributed by atoms with E-state index in [0.29, 0.717) is 17.6 Å². The fourth-order valence-corrected chi connectivity index (χ4v) is 4.97. The monoisotopic (exact) mass is 395 g/mol. The Kier molecular flexibility index (Phi) is 4.09. The van der Waals surface area contributed by atoms with Crippen LogP contribution in [0.4, 0.5) is 0 Å². The summed E-state index contributed by atoms with van der Waals surface area (Å²) < 4.78 is 3.64. The normalized spacial score (nSPS) is 18.9. The predicted octanol–water partition coefficient (Wildman–Crippen LogP) is 3.45. The summed E-state index contributed by atoms with van der Waals surface area (Å²) >= 11 is 3.03. The largest absolute Gasteiger partial charge is 0.309 e. The molecule has 27 heavy (non-hydrogen) atoms. The maximum atomic E-state index is 12.1. The number of benzene rings is 1. The van der Waals surface area contributed by atoms with Gasteiger partial charge in [-0.05, 0) is 17.9 Å². The minimum absolute atomic E-state index is 0.0424. The molecule has 1 saturated carbocycles. The molecule has 6 nitrogen and oxygen atoms in total. The van der Waals surface area contributed by atoms with Gasteiger partial charge in [0.05, 0.1) is 5.69 Å². The molecule has 8 heteroatoms. The van der Waals surface area contributed by atoms with Gasteiger partial charge in [0.25, 0.3) is 5.56 Å². The van der Waals surface area contributed by atoms with Crippen LogP contribution in [0.25, 0.3) is 4.96 Å². The third kappa shape index (κ3) is 3.08. The van der Waals surface area contributed by atoms with Gasteiger partial charge in [-0.15, -0.1) is 21.5 Å². The van der Waals surface area contributed by atoms with Crippen LogP contribution in [0.1, 0.15) is 35.3 Å². The van der Waals surface area contributed by atoms with Crippen LogP contribution in [0.5, 0.6) is 0 Å². The zero-order valence-corrected chi connectivity index (χ0v) is 16.3. The average Bonchev–Trinajstić information content (AvgIpc) is 3.16. The molecule has 1 aliphatic rings. The zero-order chi connectivity index (χ0) is 18.4. The van der Waals surface area contributed by atoms with E-state index < -0.39 is 0 Å². The molecule has 0 bridgehead atoms. The molecule has 0 aliphatic heterocycles. The Labute approximate surface area is 163 Å². The second-order valence-corrected chi connectivity index (χ2v) is 8.50. The van der Waals surface area contributed by atoms with Crippen molar-refractivity contribution < 1.29 is 0 Å². The molecule has 0 radical (unpaired) electrons. The standard InChI is InChI=1S/C19H17N5OS2/c1-23-17(15-10-14(15)12-5-3-2-4-6-12)21-22-19(23)27-11-13-9-16(25)24-7-8-26-18(24)20-13/h2-9,14-15H,10-11H2,1H3/t14-,15-/m0/s1. The molecular formula is C19H17N5OS2. The van der Waals surface area contributed by atoms with Crippen molar-refractivity contribution in [1.82, 2.24) is 24.1 Å². The number of hydrogen-bond donors (Lipinski definition) is 0. The minimum atomic E-state index is -0.0424. The third-order valence-electron chi connectivity index (χ3n) is 4.92. The van der Waals surface area contributed by atoms with Gasteiger partial charge >= 0.3 is 0 Å². The van der Waals surface area contributed by atoms with Gasteiger partial charge in [-0.3, -0.25) is 9.20 Å². The fraction of sp³-hybridized carbons (Fsp3) is 0.263. The van der Waals surface area contributed by atoms with Crippen molar-refractivity contribution in [1.29, 1.82) is 0 Å². The van der Waals surface area contributed by atoms with Gasteiger partial charge in [0.2, 0.25) is 0 Å². The van der Waals surface area contributed by atoms with E-state index in [4.69, 9.17) is 0 Å². The first-order valence-corrected chi connectivity index (χ1v) is 10.6. The zero-order valence-electron chi connectivity index (χ0n) is 14.6. The first kappa shape index (κ1) is 16.7. The Bertz CT molecular complexity index is 1160. The average molecular weight is 396 g/mol.